The van der Waals surface area contributed by atoms with Crippen LogP contribution >= 0.6 is 25.3 Å². The Labute approximate surface area is 62.9 Å². The standard InChI is InChI=1S/C6H13S2/c7-5-3-1-2-4-6-8/h1,7-8H,2-6H2. The van der Waals surface area contributed by atoms with E-state index < -0.39 is 0 Å². The average molecular weight is 149 g/mol. The van der Waals surface area contributed by atoms with Crippen LogP contribution in [0.2, 0.25) is 0 Å². The van der Waals surface area contributed by atoms with Crippen LogP contribution in [0.4, 0.5) is 0 Å². The molecular weight excluding hydrogens is 136 g/mol. The topological polar surface area (TPSA) is 0 Å². The molecule has 0 N–H and O–H groups in total. The van der Waals surface area contributed by atoms with Gasteiger partial charge in [0.15, 0.2) is 0 Å². The molecule has 0 unspecified atom stereocenters. The minimum absolute atomic E-state index is 0.979. The molecule has 2 heteroatoms. The van der Waals surface area contributed by atoms with Crippen LogP contribution in [0, 0.1) is 6.42 Å². The van der Waals surface area contributed by atoms with E-state index >= 15 is 0 Å². The molecule has 0 heterocycles. The molecule has 0 aromatic rings. The molecule has 0 aromatic carbocycles. The molecule has 0 aromatic heterocycles. The summed E-state index contributed by atoms with van der Waals surface area (Å²) in [5.74, 6) is 1.98. The Hall–Kier alpha value is 0.700. The van der Waals surface area contributed by atoms with Crippen molar-refractivity contribution in [3.63, 3.8) is 0 Å². The molecule has 49 valence electrons. The molecule has 0 spiro atoms. The van der Waals surface area contributed by atoms with Gasteiger partial charge in [-0.15, -0.1) is 0 Å². The highest BCUT2D eigenvalue weighted by atomic mass is 32.1. The Morgan fingerprint density at radius 1 is 1.00 bits per heavy atom. The molecule has 0 saturated carbocycles. The highest BCUT2D eigenvalue weighted by Crippen LogP contribution is 1.99. The number of thiol groups is 2. The van der Waals surface area contributed by atoms with Crippen molar-refractivity contribution in [2.24, 2.45) is 0 Å². The summed E-state index contributed by atoms with van der Waals surface area (Å²) < 4.78 is 0. The van der Waals surface area contributed by atoms with E-state index in [-0.39, 0.29) is 0 Å². The fourth-order valence-corrected chi connectivity index (χ4v) is 0.836. The van der Waals surface area contributed by atoms with Crippen molar-refractivity contribution in [1.82, 2.24) is 0 Å². The molecule has 0 aliphatic carbocycles. The predicted molar refractivity (Wildman–Crippen MR) is 45.9 cm³/mol. The van der Waals surface area contributed by atoms with Gasteiger partial charge >= 0.3 is 0 Å². The van der Waals surface area contributed by atoms with Gasteiger partial charge in [0.2, 0.25) is 0 Å². The van der Waals surface area contributed by atoms with Crippen LogP contribution in [0.5, 0.6) is 0 Å². The third-order valence-corrected chi connectivity index (χ3v) is 1.47. The first kappa shape index (κ1) is 8.70. The number of hydrogen-bond acceptors (Lipinski definition) is 2. The van der Waals surface area contributed by atoms with Gasteiger partial charge in [-0.3, -0.25) is 0 Å². The van der Waals surface area contributed by atoms with E-state index in [9.17, 15) is 0 Å². The van der Waals surface area contributed by atoms with Crippen molar-refractivity contribution < 1.29 is 0 Å². The third kappa shape index (κ3) is 6.70. The van der Waals surface area contributed by atoms with Gasteiger partial charge in [0.1, 0.15) is 0 Å². The Bertz CT molecular complexity index is 31.5. The van der Waals surface area contributed by atoms with Crippen molar-refractivity contribution in [3.8, 4) is 0 Å². The Kier molecular flexibility index (Phi) is 8.37. The van der Waals surface area contributed by atoms with Gasteiger partial charge in [-0.1, -0.05) is 0 Å². The molecule has 0 aliphatic heterocycles. The summed E-state index contributed by atoms with van der Waals surface area (Å²) in [7, 11) is 0. The summed E-state index contributed by atoms with van der Waals surface area (Å²) in [4.78, 5) is 0. The number of rotatable bonds is 5. The van der Waals surface area contributed by atoms with Gasteiger partial charge in [0.25, 0.3) is 0 Å². The number of hydrogen-bond donors (Lipinski definition) is 2. The smallest absolute Gasteiger partial charge is 0.00952 e. The molecule has 0 saturated heterocycles. The molecule has 0 rings (SSSR count). The molecule has 0 nitrogen and oxygen atoms in total. The predicted octanol–water partition coefficient (Wildman–Crippen LogP) is 2.22. The zero-order valence-corrected chi connectivity index (χ0v) is 6.80. The van der Waals surface area contributed by atoms with Crippen LogP contribution in [0.25, 0.3) is 0 Å². The first-order chi connectivity index (χ1) is 3.91. The van der Waals surface area contributed by atoms with Crippen LogP contribution in [-0.2, 0) is 0 Å². The van der Waals surface area contributed by atoms with Gasteiger partial charge in [-0.2, -0.15) is 25.3 Å². The van der Waals surface area contributed by atoms with E-state index in [2.05, 4.69) is 31.7 Å². The molecule has 8 heavy (non-hydrogen) atoms. The molecule has 0 amide bonds. The van der Waals surface area contributed by atoms with E-state index in [1.54, 1.807) is 0 Å². The Balaban J connectivity index is 2.53. The molecule has 0 aliphatic rings. The average Bonchev–Trinajstić information content (AvgIpc) is 1.81. The molecule has 0 atom stereocenters. The maximum atomic E-state index is 4.08. The lowest BCUT2D eigenvalue weighted by Gasteiger charge is -1.92. The fourth-order valence-electron chi connectivity index (χ4n) is 0.471. The van der Waals surface area contributed by atoms with Crippen LogP contribution in [-0.4, -0.2) is 11.5 Å². The maximum absolute atomic E-state index is 4.08. The van der Waals surface area contributed by atoms with Crippen molar-refractivity contribution in [2.45, 2.75) is 19.3 Å². The largest absolute Gasteiger partial charge is 0.179 e. The quantitative estimate of drug-likeness (QED) is 0.434. The van der Waals surface area contributed by atoms with Crippen LogP contribution in [0.1, 0.15) is 19.3 Å². The molecule has 0 fully saturated rings. The van der Waals surface area contributed by atoms with Gasteiger partial charge in [-0.05, 0) is 37.2 Å². The maximum Gasteiger partial charge on any atom is -0.00952 e. The van der Waals surface area contributed by atoms with Gasteiger partial charge in [-0.25, -0.2) is 0 Å². The minimum atomic E-state index is 0.979. The highest BCUT2D eigenvalue weighted by molar-refractivity contribution is 7.80. The summed E-state index contributed by atoms with van der Waals surface area (Å²) in [5.41, 5.74) is 0. The van der Waals surface area contributed by atoms with E-state index in [4.69, 9.17) is 0 Å². The zero-order valence-electron chi connectivity index (χ0n) is 5.01. The molecule has 0 bridgehead atoms. The lowest BCUT2D eigenvalue weighted by Crippen LogP contribution is -1.80. The Morgan fingerprint density at radius 3 is 2.25 bits per heavy atom. The lowest BCUT2D eigenvalue weighted by atomic mass is 10.2. The summed E-state index contributed by atoms with van der Waals surface area (Å²) in [6.07, 6.45) is 5.81. The molecule has 1 radical (unpaired) electrons. The highest BCUT2D eigenvalue weighted by Gasteiger charge is 1.84. The zero-order chi connectivity index (χ0) is 6.24. The van der Waals surface area contributed by atoms with Crippen LogP contribution in [0.15, 0.2) is 0 Å². The normalized spacial score (nSPS) is 9.75. The van der Waals surface area contributed by atoms with Crippen molar-refractivity contribution >= 4 is 25.3 Å². The van der Waals surface area contributed by atoms with Gasteiger partial charge in [0, 0.05) is 0 Å². The molecular formula is C6H13S2. The SMILES string of the molecule is SCC[CH]CCCS. The van der Waals surface area contributed by atoms with Gasteiger partial charge < -0.3 is 0 Å². The van der Waals surface area contributed by atoms with Crippen LogP contribution < -0.4 is 0 Å². The van der Waals surface area contributed by atoms with Crippen molar-refractivity contribution in [1.29, 1.82) is 0 Å². The van der Waals surface area contributed by atoms with E-state index in [0.29, 0.717) is 0 Å². The summed E-state index contributed by atoms with van der Waals surface area (Å²) in [6, 6.07) is 0. The van der Waals surface area contributed by atoms with Gasteiger partial charge in [0.05, 0.1) is 0 Å². The first-order valence-corrected chi connectivity index (χ1v) is 4.21. The van der Waals surface area contributed by atoms with E-state index in [0.717, 1.165) is 17.9 Å². The van der Waals surface area contributed by atoms with Crippen molar-refractivity contribution in [2.75, 3.05) is 11.5 Å². The summed E-state index contributed by atoms with van der Waals surface area (Å²) in [6.45, 7) is 0. The van der Waals surface area contributed by atoms with E-state index in [1.807, 2.05) is 0 Å². The second-order valence-electron chi connectivity index (χ2n) is 1.67. The minimum Gasteiger partial charge on any atom is -0.179 e. The van der Waals surface area contributed by atoms with Crippen molar-refractivity contribution in [3.05, 3.63) is 6.42 Å². The van der Waals surface area contributed by atoms with E-state index in [1.165, 1.54) is 12.8 Å². The lowest BCUT2D eigenvalue weighted by molar-refractivity contribution is 0.866. The third-order valence-electron chi connectivity index (χ3n) is 0.900. The Morgan fingerprint density at radius 2 is 1.75 bits per heavy atom. The van der Waals surface area contributed by atoms with Crippen LogP contribution in [0.3, 0.4) is 0 Å². The second-order valence-corrected chi connectivity index (χ2v) is 2.56. The number of unbranched alkanes of at least 4 members (excludes halogenated alkanes) is 3. The second kappa shape index (κ2) is 7.70. The summed E-state index contributed by atoms with van der Waals surface area (Å²) in [5, 5.41) is 0. The fraction of sp³-hybridized carbons (Fsp3) is 0.833. The monoisotopic (exact) mass is 149 g/mol. The first-order valence-electron chi connectivity index (χ1n) is 2.95. The summed E-state index contributed by atoms with van der Waals surface area (Å²) >= 11 is 8.16.